The molecule has 29 heavy (non-hydrogen) atoms. The van der Waals surface area contributed by atoms with Crippen LogP contribution in [-0.4, -0.2) is 15.2 Å². The summed E-state index contributed by atoms with van der Waals surface area (Å²) in [6.45, 7) is 0. The Morgan fingerprint density at radius 1 is 0.655 bits per heavy atom. The predicted octanol–water partition coefficient (Wildman–Crippen LogP) is 6.48. The van der Waals surface area contributed by atoms with Crippen LogP contribution in [0.25, 0.3) is 34.3 Å². The minimum absolute atomic E-state index is 0.966. The second kappa shape index (κ2) is 9.29. The van der Waals surface area contributed by atoms with Crippen LogP contribution in [0.4, 0.5) is 0 Å². The Bertz CT molecular complexity index is 1130. The largest absolute Gasteiger partial charge is 0.278 e. The lowest BCUT2D eigenvalue weighted by atomic mass is 10.1. The summed E-state index contributed by atoms with van der Waals surface area (Å²) >= 11 is 0. The van der Waals surface area contributed by atoms with Gasteiger partial charge < -0.3 is 0 Å². The maximum Gasteiger partial charge on any atom is 0.0926 e. The smallest absolute Gasteiger partial charge is 0.0926 e. The van der Waals surface area contributed by atoms with E-state index in [1.165, 1.54) is 10.9 Å². The van der Waals surface area contributed by atoms with Crippen molar-refractivity contribution in [3.05, 3.63) is 121 Å². The van der Waals surface area contributed by atoms with Gasteiger partial charge in [0.2, 0.25) is 0 Å². The molecule has 0 amide bonds. The van der Waals surface area contributed by atoms with Crippen molar-refractivity contribution in [2.75, 3.05) is 0 Å². The van der Waals surface area contributed by atoms with Crippen molar-refractivity contribution in [1.82, 2.24) is 15.2 Å². The lowest BCUT2D eigenvalue weighted by Gasteiger charge is -1.92. The molecule has 2 aromatic heterocycles. The molecule has 0 fully saturated rings. The van der Waals surface area contributed by atoms with Crippen molar-refractivity contribution in [1.29, 1.82) is 0 Å². The summed E-state index contributed by atoms with van der Waals surface area (Å²) in [5.41, 5.74) is 5.33. The van der Waals surface area contributed by atoms with E-state index in [1.54, 1.807) is 0 Å². The number of benzene rings is 3. The van der Waals surface area contributed by atoms with Crippen LogP contribution in [0.15, 0.2) is 109 Å². The number of hydrogen-bond donors (Lipinski definition) is 1. The summed E-state index contributed by atoms with van der Waals surface area (Å²) < 4.78 is 0. The van der Waals surface area contributed by atoms with Crippen LogP contribution < -0.4 is 0 Å². The lowest BCUT2D eigenvalue weighted by molar-refractivity contribution is 1.08. The average molecular weight is 375 g/mol. The minimum Gasteiger partial charge on any atom is -0.278 e. The molecule has 0 spiro atoms. The Balaban J connectivity index is 0.000000171. The fourth-order valence-electron chi connectivity index (χ4n) is 2.95. The third-order valence-electron chi connectivity index (χ3n) is 4.43. The fraction of sp³-hybridized carbons (Fsp3) is 0. The van der Waals surface area contributed by atoms with E-state index in [0.717, 1.165) is 22.5 Å². The number of fused-ring (bicyclic) bond motifs is 1. The Morgan fingerprint density at radius 2 is 1.34 bits per heavy atom. The van der Waals surface area contributed by atoms with Gasteiger partial charge in [0.05, 0.1) is 16.9 Å². The number of rotatable bonds is 3. The SMILES string of the molecule is C(=Cc1cc(-c2ccccc2)n[nH]1)c1ccccc1.c1ccc2ncccc2c1. The Labute approximate surface area is 170 Å². The van der Waals surface area contributed by atoms with Crippen LogP contribution in [0.5, 0.6) is 0 Å². The van der Waals surface area contributed by atoms with Gasteiger partial charge in [-0.05, 0) is 29.8 Å². The van der Waals surface area contributed by atoms with E-state index in [2.05, 4.69) is 63.7 Å². The Hall–Kier alpha value is -3.98. The quantitative estimate of drug-likeness (QED) is 0.392. The number of aromatic amines is 1. The number of para-hydroxylation sites is 1. The van der Waals surface area contributed by atoms with Crippen LogP contribution in [-0.2, 0) is 0 Å². The van der Waals surface area contributed by atoms with Gasteiger partial charge in [-0.1, -0.05) is 91.0 Å². The van der Waals surface area contributed by atoms with Crippen molar-refractivity contribution >= 4 is 23.1 Å². The van der Waals surface area contributed by atoms with Crippen molar-refractivity contribution < 1.29 is 0 Å². The third-order valence-corrected chi connectivity index (χ3v) is 4.43. The number of pyridine rings is 1. The highest BCUT2D eigenvalue weighted by atomic mass is 15.1. The lowest BCUT2D eigenvalue weighted by Crippen LogP contribution is -1.75. The second-order valence-corrected chi connectivity index (χ2v) is 6.51. The highest BCUT2D eigenvalue weighted by Crippen LogP contribution is 2.18. The number of hydrogen-bond acceptors (Lipinski definition) is 2. The Morgan fingerprint density at radius 3 is 2.14 bits per heavy atom. The molecule has 0 aliphatic rings. The van der Waals surface area contributed by atoms with Crippen molar-refractivity contribution in [3.8, 4) is 11.3 Å². The van der Waals surface area contributed by atoms with Crippen molar-refractivity contribution in [2.45, 2.75) is 0 Å². The molecule has 0 saturated carbocycles. The highest BCUT2D eigenvalue weighted by molar-refractivity contribution is 5.77. The molecule has 1 N–H and O–H groups in total. The molecule has 0 radical (unpaired) electrons. The van der Waals surface area contributed by atoms with Gasteiger partial charge in [-0.25, -0.2) is 0 Å². The zero-order valence-corrected chi connectivity index (χ0v) is 15.9. The predicted molar refractivity (Wildman–Crippen MR) is 121 cm³/mol. The first kappa shape index (κ1) is 18.4. The molecular formula is C26H21N3. The van der Waals surface area contributed by atoms with Gasteiger partial charge in [-0.2, -0.15) is 5.10 Å². The van der Waals surface area contributed by atoms with E-state index >= 15 is 0 Å². The molecule has 0 aliphatic heterocycles. The molecule has 5 rings (SSSR count). The molecule has 0 atom stereocenters. The normalized spacial score (nSPS) is 10.6. The van der Waals surface area contributed by atoms with Gasteiger partial charge >= 0.3 is 0 Å². The Kier molecular flexibility index (Phi) is 5.89. The number of H-pyrrole nitrogens is 1. The molecule has 0 unspecified atom stereocenters. The maximum absolute atomic E-state index is 4.32. The van der Waals surface area contributed by atoms with E-state index in [1.807, 2.05) is 72.9 Å². The topological polar surface area (TPSA) is 41.6 Å². The molecule has 3 aromatic carbocycles. The van der Waals surface area contributed by atoms with Crippen LogP contribution in [0.1, 0.15) is 11.3 Å². The minimum atomic E-state index is 0.966. The third kappa shape index (κ3) is 5.05. The molecular weight excluding hydrogens is 354 g/mol. The van der Waals surface area contributed by atoms with Gasteiger partial charge in [0.15, 0.2) is 0 Å². The molecule has 0 saturated heterocycles. The van der Waals surface area contributed by atoms with Gasteiger partial charge in [-0.15, -0.1) is 0 Å². The number of nitrogens with one attached hydrogen (secondary N) is 1. The molecule has 0 aliphatic carbocycles. The summed E-state index contributed by atoms with van der Waals surface area (Å²) in [6.07, 6.45) is 5.92. The van der Waals surface area contributed by atoms with E-state index in [4.69, 9.17) is 0 Å². The molecule has 0 bridgehead atoms. The van der Waals surface area contributed by atoms with Gasteiger partial charge in [-0.3, -0.25) is 10.1 Å². The summed E-state index contributed by atoms with van der Waals surface area (Å²) in [4.78, 5) is 4.18. The zero-order valence-electron chi connectivity index (χ0n) is 15.9. The molecule has 2 heterocycles. The van der Waals surface area contributed by atoms with E-state index in [0.29, 0.717) is 0 Å². The standard InChI is InChI=1S/C17H14N2.C9H7N/c1-3-7-14(8-4-1)11-12-16-13-17(19-18-16)15-9-5-2-6-10-15;1-2-6-9-8(4-1)5-3-7-10-9/h1-13H,(H,18,19);1-7H. The van der Waals surface area contributed by atoms with Crippen molar-refractivity contribution in [2.24, 2.45) is 0 Å². The van der Waals surface area contributed by atoms with Crippen LogP contribution in [0, 0.1) is 0 Å². The maximum atomic E-state index is 4.32. The first-order chi connectivity index (χ1) is 14.4. The summed E-state index contributed by atoms with van der Waals surface area (Å²) in [7, 11) is 0. The monoisotopic (exact) mass is 375 g/mol. The van der Waals surface area contributed by atoms with E-state index < -0.39 is 0 Å². The molecule has 140 valence electrons. The first-order valence-corrected chi connectivity index (χ1v) is 9.52. The second-order valence-electron chi connectivity index (χ2n) is 6.51. The number of aromatic nitrogens is 3. The summed E-state index contributed by atoms with van der Waals surface area (Å²) in [5.74, 6) is 0. The van der Waals surface area contributed by atoms with Crippen LogP contribution in [0.2, 0.25) is 0 Å². The van der Waals surface area contributed by atoms with Gasteiger partial charge in [0.1, 0.15) is 0 Å². The van der Waals surface area contributed by atoms with Gasteiger partial charge in [0, 0.05) is 17.1 Å². The van der Waals surface area contributed by atoms with Crippen LogP contribution in [0.3, 0.4) is 0 Å². The summed E-state index contributed by atoms with van der Waals surface area (Å²) in [6, 6.07) is 34.5. The average Bonchev–Trinajstić information content (AvgIpc) is 3.29. The molecule has 3 heteroatoms. The first-order valence-electron chi connectivity index (χ1n) is 9.52. The van der Waals surface area contributed by atoms with E-state index in [9.17, 15) is 0 Å². The zero-order chi connectivity index (χ0) is 19.7. The molecule has 5 aromatic rings. The highest BCUT2D eigenvalue weighted by Gasteiger charge is 2.00. The van der Waals surface area contributed by atoms with Gasteiger partial charge in [0.25, 0.3) is 0 Å². The van der Waals surface area contributed by atoms with Crippen molar-refractivity contribution in [3.63, 3.8) is 0 Å². The molecule has 3 nitrogen and oxygen atoms in total. The summed E-state index contributed by atoms with van der Waals surface area (Å²) in [5, 5.41) is 8.56. The number of nitrogens with zero attached hydrogens (tertiary/aromatic N) is 2. The van der Waals surface area contributed by atoms with Crippen LogP contribution >= 0.6 is 0 Å². The fourth-order valence-corrected chi connectivity index (χ4v) is 2.95. The van der Waals surface area contributed by atoms with E-state index in [-0.39, 0.29) is 0 Å².